The van der Waals surface area contributed by atoms with Crippen LogP contribution in [0.4, 0.5) is 0 Å². The lowest BCUT2D eigenvalue weighted by molar-refractivity contribution is -0.146. The summed E-state index contributed by atoms with van der Waals surface area (Å²) in [6.45, 7) is 7.97. The molecular weight excluding hydrogens is 588 g/mol. The number of carbonyl (C=O) groups excluding carboxylic acids is 3. The van der Waals surface area contributed by atoms with Crippen LogP contribution in [-0.4, -0.2) is 84.5 Å². The highest BCUT2D eigenvalue weighted by atomic mass is 16.3. The van der Waals surface area contributed by atoms with Gasteiger partial charge in [-0.15, -0.1) is 0 Å². The number of nitrogens with one attached hydrogen (secondary N) is 2. The van der Waals surface area contributed by atoms with Crippen molar-refractivity contribution in [1.29, 1.82) is 0 Å². The minimum Gasteiger partial charge on any atom is -0.396 e. The molecule has 0 radical (unpaired) electrons. The molecule has 0 unspecified atom stereocenters. The van der Waals surface area contributed by atoms with Crippen LogP contribution in [0.2, 0.25) is 0 Å². The maximum absolute atomic E-state index is 14.4. The summed E-state index contributed by atoms with van der Waals surface area (Å²) in [4.78, 5) is 44.6. The van der Waals surface area contributed by atoms with Crippen molar-refractivity contribution in [3.63, 3.8) is 0 Å². The molecule has 0 saturated carbocycles. The number of nitrogens with zero attached hydrogens (tertiary/aromatic N) is 2. The maximum Gasteiger partial charge on any atom is 0.246 e. The zero-order chi connectivity index (χ0) is 34.6. The van der Waals surface area contributed by atoms with E-state index in [2.05, 4.69) is 10.6 Å². The van der Waals surface area contributed by atoms with Crippen LogP contribution < -0.4 is 10.6 Å². The van der Waals surface area contributed by atoms with E-state index in [4.69, 9.17) is 0 Å². The van der Waals surface area contributed by atoms with E-state index in [9.17, 15) is 19.5 Å². The molecule has 0 bridgehead atoms. The predicted octanol–water partition coefficient (Wildman–Crippen LogP) is 4.87. The summed E-state index contributed by atoms with van der Waals surface area (Å²) in [7, 11) is 5.14. The van der Waals surface area contributed by atoms with Gasteiger partial charge in [-0.3, -0.25) is 14.4 Å². The van der Waals surface area contributed by atoms with Crippen LogP contribution in [0.3, 0.4) is 0 Å². The Bertz CT molecular complexity index is 1470. The van der Waals surface area contributed by atoms with Crippen molar-refractivity contribution in [3.8, 4) is 11.1 Å². The second-order valence-corrected chi connectivity index (χ2v) is 13.7. The standard InChI is InChI=1S/C39H52N4O4/c1-38(2,28-44)27-41-36(46)33(25-29-15-10-8-11-16-29)43(7)37(47)34(42(6)35(45)19-14-24-39(3,4)40-5)26-30-20-22-32(23-21-30)31-17-12-9-13-18-31/h8-23,33-34,40,44H,24-28H2,1-7H3,(H,41,46)/t33-,34-/m1/s1. The first-order valence-electron chi connectivity index (χ1n) is 16.2. The summed E-state index contributed by atoms with van der Waals surface area (Å²) in [5.74, 6) is -0.951. The predicted molar refractivity (Wildman–Crippen MR) is 190 cm³/mol. The SMILES string of the molecule is CNC(C)(C)CC=CC(=O)N(C)[C@H](Cc1ccc(-c2ccccc2)cc1)C(=O)N(C)[C@H](Cc1ccccc1)C(=O)NCC(C)(C)CO. The number of carbonyl (C=O) groups is 3. The monoisotopic (exact) mass is 640 g/mol. The fourth-order valence-electron chi connectivity index (χ4n) is 5.04. The van der Waals surface area contributed by atoms with Crippen molar-refractivity contribution >= 4 is 17.7 Å². The summed E-state index contributed by atoms with van der Waals surface area (Å²) >= 11 is 0. The van der Waals surface area contributed by atoms with Gasteiger partial charge in [0.1, 0.15) is 12.1 Å². The van der Waals surface area contributed by atoms with Gasteiger partial charge in [-0.05, 0) is 55.6 Å². The van der Waals surface area contributed by atoms with Crippen molar-refractivity contribution in [2.45, 2.75) is 64.6 Å². The maximum atomic E-state index is 14.4. The molecular formula is C39H52N4O4. The number of rotatable bonds is 16. The van der Waals surface area contributed by atoms with E-state index in [1.807, 2.05) is 126 Å². The molecule has 0 aliphatic rings. The Morgan fingerprint density at radius 2 is 1.30 bits per heavy atom. The number of amides is 3. The Kier molecular flexibility index (Phi) is 13.5. The third kappa shape index (κ3) is 11.2. The Morgan fingerprint density at radius 3 is 1.87 bits per heavy atom. The second kappa shape index (κ2) is 17.0. The smallest absolute Gasteiger partial charge is 0.246 e. The molecule has 3 amide bonds. The van der Waals surface area contributed by atoms with Crippen molar-refractivity contribution in [2.24, 2.45) is 5.41 Å². The molecule has 3 rings (SSSR count). The highest BCUT2D eigenvalue weighted by molar-refractivity contribution is 5.95. The van der Waals surface area contributed by atoms with Crippen LogP contribution >= 0.6 is 0 Å². The summed E-state index contributed by atoms with van der Waals surface area (Å²) in [6.07, 6.45) is 4.54. The van der Waals surface area contributed by atoms with E-state index in [-0.39, 0.29) is 42.8 Å². The number of aliphatic hydroxyl groups excluding tert-OH is 1. The minimum absolute atomic E-state index is 0.0948. The van der Waals surface area contributed by atoms with Gasteiger partial charge < -0.3 is 25.5 Å². The molecule has 3 aromatic rings. The van der Waals surface area contributed by atoms with Crippen LogP contribution in [-0.2, 0) is 27.2 Å². The average Bonchev–Trinajstić information content (AvgIpc) is 3.08. The number of benzene rings is 3. The van der Waals surface area contributed by atoms with Gasteiger partial charge in [-0.1, -0.05) is 105 Å². The van der Waals surface area contributed by atoms with Crippen LogP contribution in [0.15, 0.2) is 97.1 Å². The van der Waals surface area contributed by atoms with Crippen molar-refractivity contribution in [3.05, 3.63) is 108 Å². The fourth-order valence-corrected chi connectivity index (χ4v) is 5.04. The van der Waals surface area contributed by atoms with Crippen LogP contribution in [0.5, 0.6) is 0 Å². The molecule has 0 aromatic heterocycles. The molecule has 0 aliphatic heterocycles. The van der Waals surface area contributed by atoms with Gasteiger partial charge in [-0.25, -0.2) is 0 Å². The van der Waals surface area contributed by atoms with Crippen molar-refractivity contribution in [1.82, 2.24) is 20.4 Å². The van der Waals surface area contributed by atoms with Gasteiger partial charge in [0.15, 0.2) is 0 Å². The topological polar surface area (TPSA) is 102 Å². The van der Waals surface area contributed by atoms with Crippen LogP contribution in [0.1, 0.15) is 45.2 Å². The third-order valence-corrected chi connectivity index (χ3v) is 8.71. The number of hydrogen-bond acceptors (Lipinski definition) is 5. The second-order valence-electron chi connectivity index (χ2n) is 13.7. The van der Waals surface area contributed by atoms with Gasteiger partial charge in [0, 0.05) is 51.0 Å². The zero-order valence-electron chi connectivity index (χ0n) is 29.0. The van der Waals surface area contributed by atoms with E-state index in [1.165, 1.54) is 15.9 Å². The van der Waals surface area contributed by atoms with Gasteiger partial charge in [0.05, 0.1) is 0 Å². The molecule has 0 aliphatic carbocycles. The molecule has 8 nitrogen and oxygen atoms in total. The van der Waals surface area contributed by atoms with Gasteiger partial charge >= 0.3 is 0 Å². The third-order valence-electron chi connectivity index (χ3n) is 8.71. The number of likely N-dealkylation sites (N-methyl/N-ethyl adjacent to an activating group) is 2. The fraction of sp³-hybridized carbons (Fsp3) is 0.410. The highest BCUT2D eigenvalue weighted by Crippen LogP contribution is 2.22. The molecule has 0 saturated heterocycles. The summed E-state index contributed by atoms with van der Waals surface area (Å²) in [5, 5.41) is 15.9. The van der Waals surface area contributed by atoms with E-state index >= 15 is 0 Å². The quantitative estimate of drug-likeness (QED) is 0.194. The average molecular weight is 641 g/mol. The van der Waals surface area contributed by atoms with Crippen molar-refractivity contribution < 1.29 is 19.5 Å². The summed E-state index contributed by atoms with van der Waals surface area (Å²) < 4.78 is 0. The lowest BCUT2D eigenvalue weighted by Gasteiger charge is -2.35. The Balaban J connectivity index is 1.94. The lowest BCUT2D eigenvalue weighted by Crippen LogP contribution is -2.56. The molecule has 0 fully saturated rings. The molecule has 0 spiro atoms. The minimum atomic E-state index is -0.864. The normalized spacial score (nSPS) is 13.2. The molecule has 47 heavy (non-hydrogen) atoms. The summed E-state index contributed by atoms with van der Waals surface area (Å²) in [6, 6.07) is 25.9. The highest BCUT2D eigenvalue weighted by Gasteiger charge is 2.35. The molecule has 0 heterocycles. The lowest BCUT2D eigenvalue weighted by atomic mass is 9.94. The number of aliphatic hydroxyl groups is 1. The van der Waals surface area contributed by atoms with E-state index in [0.29, 0.717) is 12.8 Å². The van der Waals surface area contributed by atoms with Gasteiger partial charge in [0.2, 0.25) is 17.7 Å². The number of hydrogen-bond donors (Lipinski definition) is 3. The first-order chi connectivity index (χ1) is 22.3. The molecule has 2 atom stereocenters. The first-order valence-corrected chi connectivity index (χ1v) is 16.2. The zero-order valence-corrected chi connectivity index (χ0v) is 29.0. The first kappa shape index (κ1) is 37.2. The Hall–Kier alpha value is -4.27. The Morgan fingerprint density at radius 1 is 0.766 bits per heavy atom. The molecule has 8 heteroatoms. The Labute approximate surface area is 280 Å². The van der Waals surface area contributed by atoms with E-state index in [0.717, 1.165) is 22.3 Å². The van der Waals surface area contributed by atoms with E-state index < -0.39 is 17.5 Å². The summed E-state index contributed by atoms with van der Waals surface area (Å²) in [5.41, 5.74) is 3.23. The van der Waals surface area contributed by atoms with Crippen LogP contribution in [0.25, 0.3) is 11.1 Å². The van der Waals surface area contributed by atoms with Crippen LogP contribution in [0, 0.1) is 5.41 Å². The van der Waals surface area contributed by atoms with Crippen molar-refractivity contribution in [2.75, 3.05) is 34.3 Å². The molecule has 3 aromatic carbocycles. The van der Waals surface area contributed by atoms with E-state index in [1.54, 1.807) is 14.1 Å². The van der Waals surface area contributed by atoms with Gasteiger partial charge in [-0.2, -0.15) is 0 Å². The largest absolute Gasteiger partial charge is 0.396 e. The molecule has 3 N–H and O–H groups in total. The molecule has 252 valence electrons. The van der Waals surface area contributed by atoms with Gasteiger partial charge in [0.25, 0.3) is 0 Å².